The summed E-state index contributed by atoms with van der Waals surface area (Å²) in [4.78, 5) is 25.5. The largest absolute Gasteiger partial charge is 0.494 e. The number of rotatable bonds is 6. The molecule has 0 spiro atoms. The van der Waals surface area contributed by atoms with E-state index < -0.39 is 5.41 Å². The van der Waals surface area contributed by atoms with Crippen LogP contribution < -0.4 is 24.8 Å². The molecule has 1 saturated carbocycles. The Balaban J connectivity index is 1.41. The van der Waals surface area contributed by atoms with Crippen molar-refractivity contribution in [3.8, 4) is 17.2 Å². The van der Waals surface area contributed by atoms with Crippen molar-refractivity contribution in [1.29, 1.82) is 0 Å². The number of fused-ring (bicyclic) bond motifs is 1. The summed E-state index contributed by atoms with van der Waals surface area (Å²) in [5.41, 5.74) is 0.174. The van der Waals surface area contributed by atoms with Crippen LogP contribution in [0.4, 0.5) is 11.4 Å². The first-order valence-corrected chi connectivity index (χ1v) is 9.36. The Kier molecular flexibility index (Phi) is 4.81. The zero-order valence-electron chi connectivity index (χ0n) is 15.6. The SMILES string of the molecule is CCOc1ccc(NC(=O)C2(C(=O)Nc3ccc4c(c3)OCCO4)CC2)cc1. The molecular formula is C21H22N2O5. The first kappa shape index (κ1) is 18.2. The van der Waals surface area contributed by atoms with Crippen LogP contribution in [-0.2, 0) is 9.59 Å². The van der Waals surface area contributed by atoms with E-state index in [1.54, 1.807) is 42.5 Å². The van der Waals surface area contributed by atoms with Gasteiger partial charge in [0.25, 0.3) is 0 Å². The average molecular weight is 382 g/mol. The summed E-state index contributed by atoms with van der Waals surface area (Å²) in [5, 5.41) is 5.66. The van der Waals surface area contributed by atoms with Gasteiger partial charge < -0.3 is 24.8 Å². The van der Waals surface area contributed by atoms with Gasteiger partial charge in [-0.1, -0.05) is 0 Å². The number of carbonyl (C=O) groups is 2. The molecule has 0 bridgehead atoms. The topological polar surface area (TPSA) is 85.9 Å². The molecule has 4 rings (SSSR count). The lowest BCUT2D eigenvalue weighted by atomic mass is 10.0. The van der Waals surface area contributed by atoms with Crippen LogP contribution in [0.15, 0.2) is 42.5 Å². The molecule has 1 aliphatic carbocycles. The van der Waals surface area contributed by atoms with Gasteiger partial charge in [0.05, 0.1) is 6.61 Å². The number of carbonyl (C=O) groups excluding carboxylic acids is 2. The van der Waals surface area contributed by atoms with E-state index in [1.807, 2.05) is 6.92 Å². The number of amides is 2. The van der Waals surface area contributed by atoms with Gasteiger partial charge in [0, 0.05) is 17.4 Å². The Labute approximate surface area is 163 Å². The fraction of sp³-hybridized carbons (Fsp3) is 0.333. The molecule has 0 unspecified atom stereocenters. The molecule has 7 heteroatoms. The number of benzene rings is 2. The van der Waals surface area contributed by atoms with Crippen molar-refractivity contribution in [3.05, 3.63) is 42.5 Å². The second-order valence-corrected chi connectivity index (χ2v) is 6.81. The van der Waals surface area contributed by atoms with E-state index in [0.29, 0.717) is 55.5 Å². The molecule has 0 aromatic heterocycles. The lowest BCUT2D eigenvalue weighted by molar-refractivity contribution is -0.131. The van der Waals surface area contributed by atoms with Gasteiger partial charge in [-0.15, -0.1) is 0 Å². The lowest BCUT2D eigenvalue weighted by Crippen LogP contribution is -2.35. The highest BCUT2D eigenvalue weighted by Gasteiger charge is 2.56. The molecule has 2 N–H and O–H groups in total. The minimum Gasteiger partial charge on any atom is -0.494 e. The molecule has 2 aromatic rings. The maximum absolute atomic E-state index is 12.8. The van der Waals surface area contributed by atoms with Gasteiger partial charge in [0.1, 0.15) is 24.4 Å². The molecule has 0 radical (unpaired) electrons. The predicted octanol–water partition coefficient (Wildman–Crippen LogP) is 3.21. The van der Waals surface area contributed by atoms with Crippen LogP contribution in [0.25, 0.3) is 0 Å². The Morgan fingerprint density at radius 3 is 2.18 bits per heavy atom. The number of anilines is 2. The van der Waals surface area contributed by atoms with Crippen molar-refractivity contribution in [1.82, 2.24) is 0 Å². The maximum Gasteiger partial charge on any atom is 0.240 e. The molecule has 1 heterocycles. The van der Waals surface area contributed by atoms with E-state index in [0.717, 1.165) is 5.75 Å². The molecule has 2 aliphatic rings. The molecule has 0 atom stereocenters. The highest BCUT2D eigenvalue weighted by atomic mass is 16.6. The van der Waals surface area contributed by atoms with E-state index in [4.69, 9.17) is 14.2 Å². The fourth-order valence-electron chi connectivity index (χ4n) is 3.11. The zero-order valence-corrected chi connectivity index (χ0v) is 15.6. The minimum atomic E-state index is -1.04. The quantitative estimate of drug-likeness (QED) is 0.750. The standard InChI is InChI=1S/C21H22N2O5/c1-2-26-16-6-3-14(4-7-16)22-19(24)21(9-10-21)20(25)23-15-5-8-17-18(13-15)28-12-11-27-17/h3-8,13H,2,9-12H2,1H3,(H,22,24)(H,23,25). The summed E-state index contributed by atoms with van der Waals surface area (Å²) in [6.45, 7) is 3.47. The van der Waals surface area contributed by atoms with Crippen molar-refractivity contribution in [2.75, 3.05) is 30.5 Å². The van der Waals surface area contributed by atoms with Crippen molar-refractivity contribution in [3.63, 3.8) is 0 Å². The fourth-order valence-corrected chi connectivity index (χ4v) is 3.11. The molecular weight excluding hydrogens is 360 g/mol. The maximum atomic E-state index is 12.8. The Morgan fingerprint density at radius 2 is 1.54 bits per heavy atom. The highest BCUT2D eigenvalue weighted by Crippen LogP contribution is 2.47. The van der Waals surface area contributed by atoms with Gasteiger partial charge in [-0.3, -0.25) is 9.59 Å². The van der Waals surface area contributed by atoms with Crippen LogP contribution in [0.2, 0.25) is 0 Å². The van der Waals surface area contributed by atoms with Crippen LogP contribution in [-0.4, -0.2) is 31.6 Å². The molecule has 0 saturated heterocycles. The summed E-state index contributed by atoms with van der Waals surface area (Å²) in [7, 11) is 0. The van der Waals surface area contributed by atoms with Crippen LogP contribution >= 0.6 is 0 Å². The van der Waals surface area contributed by atoms with Gasteiger partial charge in [0.2, 0.25) is 11.8 Å². The Bertz CT molecular complexity index is 890. The van der Waals surface area contributed by atoms with Crippen LogP contribution in [0, 0.1) is 5.41 Å². The molecule has 28 heavy (non-hydrogen) atoms. The second-order valence-electron chi connectivity index (χ2n) is 6.81. The minimum absolute atomic E-state index is 0.299. The summed E-state index contributed by atoms with van der Waals surface area (Å²) in [6, 6.07) is 12.3. The van der Waals surface area contributed by atoms with E-state index in [1.165, 1.54) is 0 Å². The Morgan fingerprint density at radius 1 is 0.929 bits per heavy atom. The molecule has 7 nitrogen and oxygen atoms in total. The summed E-state index contributed by atoms with van der Waals surface area (Å²) in [6.07, 6.45) is 1.04. The zero-order chi connectivity index (χ0) is 19.6. The van der Waals surface area contributed by atoms with Gasteiger partial charge in [-0.05, 0) is 56.2 Å². The first-order valence-electron chi connectivity index (χ1n) is 9.36. The lowest BCUT2D eigenvalue weighted by Gasteiger charge is -2.20. The van der Waals surface area contributed by atoms with E-state index in [2.05, 4.69) is 10.6 Å². The summed E-state index contributed by atoms with van der Waals surface area (Å²) < 4.78 is 16.4. The van der Waals surface area contributed by atoms with Gasteiger partial charge in [-0.25, -0.2) is 0 Å². The van der Waals surface area contributed by atoms with E-state index in [9.17, 15) is 9.59 Å². The molecule has 1 aliphatic heterocycles. The number of hydrogen-bond donors (Lipinski definition) is 2. The Hall–Kier alpha value is -3.22. The number of hydrogen-bond acceptors (Lipinski definition) is 5. The second kappa shape index (κ2) is 7.42. The third-order valence-corrected chi connectivity index (χ3v) is 4.84. The first-order chi connectivity index (χ1) is 13.6. The molecule has 146 valence electrons. The number of ether oxygens (including phenoxy) is 3. The summed E-state index contributed by atoms with van der Waals surface area (Å²) >= 11 is 0. The van der Waals surface area contributed by atoms with Crippen LogP contribution in [0.3, 0.4) is 0 Å². The molecule has 2 aromatic carbocycles. The molecule has 2 amide bonds. The molecule has 1 fully saturated rings. The summed E-state index contributed by atoms with van der Waals surface area (Å²) in [5.74, 6) is 1.36. The smallest absolute Gasteiger partial charge is 0.240 e. The van der Waals surface area contributed by atoms with E-state index >= 15 is 0 Å². The monoisotopic (exact) mass is 382 g/mol. The van der Waals surface area contributed by atoms with Crippen molar-refractivity contribution in [2.24, 2.45) is 5.41 Å². The van der Waals surface area contributed by atoms with Crippen molar-refractivity contribution >= 4 is 23.2 Å². The van der Waals surface area contributed by atoms with Crippen molar-refractivity contribution < 1.29 is 23.8 Å². The highest BCUT2D eigenvalue weighted by molar-refractivity contribution is 6.16. The predicted molar refractivity (Wildman–Crippen MR) is 104 cm³/mol. The third kappa shape index (κ3) is 3.60. The normalized spacial score (nSPS) is 16.0. The van der Waals surface area contributed by atoms with Gasteiger partial charge >= 0.3 is 0 Å². The van der Waals surface area contributed by atoms with Crippen LogP contribution in [0.1, 0.15) is 19.8 Å². The van der Waals surface area contributed by atoms with Crippen molar-refractivity contribution in [2.45, 2.75) is 19.8 Å². The number of nitrogens with one attached hydrogen (secondary N) is 2. The van der Waals surface area contributed by atoms with Gasteiger partial charge in [-0.2, -0.15) is 0 Å². The third-order valence-electron chi connectivity index (χ3n) is 4.84. The van der Waals surface area contributed by atoms with Gasteiger partial charge in [0.15, 0.2) is 11.5 Å². The van der Waals surface area contributed by atoms with E-state index in [-0.39, 0.29) is 11.8 Å². The average Bonchev–Trinajstić information content (AvgIpc) is 3.52. The van der Waals surface area contributed by atoms with Crippen LogP contribution in [0.5, 0.6) is 17.2 Å².